The van der Waals surface area contributed by atoms with E-state index in [9.17, 15) is 4.79 Å². The number of aromatic nitrogens is 1. The van der Waals surface area contributed by atoms with Crippen molar-refractivity contribution in [3.63, 3.8) is 0 Å². The van der Waals surface area contributed by atoms with Crippen LogP contribution in [0, 0.1) is 13.8 Å². The highest BCUT2D eigenvalue weighted by molar-refractivity contribution is 9.10. The first-order chi connectivity index (χ1) is 14.4. The standard InChI is InChI=1S/C23H18BrN3O2S/c1-13-7-10-20-19(11-13)25-22(29-20)15-9-8-14(2)18(12-15)26-23(30)27-21(28)16-5-3-4-6-17(16)24/h3-12H,1-2H3,(H2,26,27,28,30). The van der Waals surface area contributed by atoms with Crippen LogP contribution in [0.3, 0.4) is 0 Å². The zero-order valence-corrected chi connectivity index (χ0v) is 18.7. The summed E-state index contributed by atoms with van der Waals surface area (Å²) in [5, 5.41) is 6.02. The Hall–Kier alpha value is -3.03. The molecule has 0 spiro atoms. The molecule has 4 aromatic rings. The van der Waals surface area contributed by atoms with E-state index in [4.69, 9.17) is 16.6 Å². The number of benzene rings is 3. The summed E-state index contributed by atoms with van der Waals surface area (Å²) in [5.74, 6) is 0.241. The van der Waals surface area contributed by atoms with Crippen molar-refractivity contribution in [1.82, 2.24) is 10.3 Å². The molecule has 3 aromatic carbocycles. The average Bonchev–Trinajstić information content (AvgIpc) is 3.13. The van der Waals surface area contributed by atoms with Crippen LogP contribution in [0.4, 0.5) is 5.69 Å². The zero-order valence-electron chi connectivity index (χ0n) is 16.3. The van der Waals surface area contributed by atoms with Gasteiger partial charge in [-0.2, -0.15) is 0 Å². The van der Waals surface area contributed by atoms with E-state index in [1.54, 1.807) is 18.2 Å². The summed E-state index contributed by atoms with van der Waals surface area (Å²) in [6, 6.07) is 18.9. The molecule has 0 bridgehead atoms. The van der Waals surface area contributed by atoms with Gasteiger partial charge in [-0.3, -0.25) is 10.1 Å². The highest BCUT2D eigenvalue weighted by Crippen LogP contribution is 2.28. The quantitative estimate of drug-likeness (QED) is 0.352. The Morgan fingerprint density at radius 1 is 1.07 bits per heavy atom. The van der Waals surface area contributed by atoms with Gasteiger partial charge < -0.3 is 9.73 Å². The van der Waals surface area contributed by atoms with Gasteiger partial charge in [-0.25, -0.2) is 4.98 Å². The van der Waals surface area contributed by atoms with Crippen LogP contribution in [-0.2, 0) is 0 Å². The van der Waals surface area contributed by atoms with E-state index in [2.05, 4.69) is 31.5 Å². The summed E-state index contributed by atoms with van der Waals surface area (Å²) in [6.07, 6.45) is 0. The van der Waals surface area contributed by atoms with E-state index in [1.165, 1.54) is 0 Å². The molecule has 0 atom stereocenters. The van der Waals surface area contributed by atoms with E-state index in [-0.39, 0.29) is 11.0 Å². The van der Waals surface area contributed by atoms with Crippen LogP contribution in [0.1, 0.15) is 21.5 Å². The molecule has 4 rings (SSSR count). The molecule has 0 saturated heterocycles. The zero-order chi connectivity index (χ0) is 21.3. The molecule has 5 nitrogen and oxygen atoms in total. The Bertz CT molecular complexity index is 1280. The minimum Gasteiger partial charge on any atom is -0.436 e. The maximum Gasteiger partial charge on any atom is 0.258 e. The molecule has 150 valence electrons. The summed E-state index contributed by atoms with van der Waals surface area (Å²) in [7, 11) is 0. The third-order valence-electron chi connectivity index (χ3n) is 4.62. The predicted molar refractivity (Wildman–Crippen MR) is 127 cm³/mol. The van der Waals surface area contributed by atoms with Crippen molar-refractivity contribution < 1.29 is 9.21 Å². The van der Waals surface area contributed by atoms with E-state index in [1.807, 2.05) is 56.3 Å². The fourth-order valence-corrected chi connectivity index (χ4v) is 3.69. The minimum absolute atomic E-state index is 0.212. The first kappa shape index (κ1) is 20.3. The van der Waals surface area contributed by atoms with E-state index < -0.39 is 0 Å². The molecule has 0 aliphatic carbocycles. The predicted octanol–water partition coefficient (Wildman–Crippen LogP) is 6.00. The number of amides is 1. The highest BCUT2D eigenvalue weighted by Gasteiger charge is 2.13. The van der Waals surface area contributed by atoms with E-state index in [0.717, 1.165) is 33.5 Å². The number of hydrogen-bond acceptors (Lipinski definition) is 4. The van der Waals surface area contributed by atoms with Gasteiger partial charge in [0, 0.05) is 15.7 Å². The van der Waals surface area contributed by atoms with Gasteiger partial charge in [-0.05, 0) is 89.5 Å². The number of nitrogens with one attached hydrogen (secondary N) is 2. The van der Waals surface area contributed by atoms with Crippen LogP contribution in [0.15, 0.2) is 69.6 Å². The number of carbonyl (C=O) groups excluding carboxylic acids is 1. The molecule has 0 aliphatic rings. The molecular formula is C23H18BrN3O2S. The molecule has 0 radical (unpaired) electrons. The summed E-state index contributed by atoms with van der Waals surface area (Å²) in [4.78, 5) is 17.1. The smallest absolute Gasteiger partial charge is 0.258 e. The highest BCUT2D eigenvalue weighted by atomic mass is 79.9. The lowest BCUT2D eigenvalue weighted by molar-refractivity contribution is 0.0977. The van der Waals surface area contributed by atoms with Crippen molar-refractivity contribution in [2.75, 3.05) is 5.32 Å². The molecule has 7 heteroatoms. The maximum atomic E-state index is 12.5. The number of hydrogen-bond donors (Lipinski definition) is 2. The number of aryl methyl sites for hydroxylation is 2. The summed E-state index contributed by atoms with van der Waals surface area (Å²) in [5.41, 5.74) is 5.75. The van der Waals surface area contributed by atoms with Gasteiger partial charge in [0.15, 0.2) is 10.7 Å². The Morgan fingerprint density at radius 2 is 1.87 bits per heavy atom. The molecule has 0 aliphatic heterocycles. The summed E-state index contributed by atoms with van der Waals surface area (Å²) >= 11 is 8.72. The van der Waals surface area contributed by atoms with Crippen LogP contribution in [0.25, 0.3) is 22.6 Å². The van der Waals surface area contributed by atoms with Crippen LogP contribution in [0.5, 0.6) is 0 Å². The van der Waals surface area contributed by atoms with Gasteiger partial charge in [0.25, 0.3) is 5.91 Å². The van der Waals surface area contributed by atoms with Gasteiger partial charge in [-0.1, -0.05) is 24.3 Å². The normalized spacial score (nSPS) is 10.8. The van der Waals surface area contributed by atoms with Crippen LogP contribution in [-0.4, -0.2) is 16.0 Å². The molecule has 2 N–H and O–H groups in total. The fourth-order valence-electron chi connectivity index (χ4n) is 3.02. The van der Waals surface area contributed by atoms with Gasteiger partial charge >= 0.3 is 0 Å². The summed E-state index contributed by atoms with van der Waals surface area (Å²) < 4.78 is 6.60. The van der Waals surface area contributed by atoms with Crippen molar-refractivity contribution in [3.05, 3.63) is 81.8 Å². The van der Waals surface area contributed by atoms with Crippen molar-refractivity contribution in [2.24, 2.45) is 0 Å². The Morgan fingerprint density at radius 3 is 2.67 bits per heavy atom. The van der Waals surface area contributed by atoms with Crippen molar-refractivity contribution in [1.29, 1.82) is 0 Å². The maximum absolute atomic E-state index is 12.5. The van der Waals surface area contributed by atoms with Crippen molar-refractivity contribution >= 4 is 56.0 Å². The second-order valence-corrected chi connectivity index (χ2v) is 8.17. The fraction of sp³-hybridized carbons (Fsp3) is 0.0870. The first-order valence-electron chi connectivity index (χ1n) is 9.26. The molecule has 1 heterocycles. The lowest BCUT2D eigenvalue weighted by Gasteiger charge is -2.13. The number of oxazole rings is 1. The topological polar surface area (TPSA) is 67.2 Å². The Kier molecular flexibility index (Phi) is 5.65. The average molecular weight is 480 g/mol. The number of fused-ring (bicyclic) bond motifs is 1. The van der Waals surface area contributed by atoms with Crippen LogP contribution in [0.2, 0.25) is 0 Å². The van der Waals surface area contributed by atoms with Crippen molar-refractivity contribution in [2.45, 2.75) is 13.8 Å². The second kappa shape index (κ2) is 8.38. The van der Waals surface area contributed by atoms with Crippen LogP contribution < -0.4 is 10.6 Å². The van der Waals surface area contributed by atoms with Crippen LogP contribution >= 0.6 is 28.1 Å². The lowest BCUT2D eigenvalue weighted by Crippen LogP contribution is -2.34. The minimum atomic E-state index is -0.289. The number of carbonyl (C=O) groups is 1. The van der Waals surface area contributed by atoms with Gasteiger partial charge in [-0.15, -0.1) is 0 Å². The molecular weight excluding hydrogens is 462 g/mol. The number of anilines is 1. The molecule has 1 amide bonds. The Balaban J connectivity index is 1.55. The van der Waals surface area contributed by atoms with Gasteiger partial charge in [0.05, 0.1) is 5.56 Å². The number of thiocarbonyl (C=S) groups is 1. The largest absolute Gasteiger partial charge is 0.436 e. The third kappa shape index (κ3) is 4.27. The third-order valence-corrected chi connectivity index (χ3v) is 5.52. The first-order valence-corrected chi connectivity index (χ1v) is 10.5. The van der Waals surface area contributed by atoms with Crippen molar-refractivity contribution in [3.8, 4) is 11.5 Å². The monoisotopic (exact) mass is 479 g/mol. The molecule has 0 unspecified atom stereocenters. The molecule has 0 fully saturated rings. The molecule has 30 heavy (non-hydrogen) atoms. The second-order valence-electron chi connectivity index (χ2n) is 6.91. The number of halogens is 1. The van der Waals surface area contributed by atoms with E-state index in [0.29, 0.717) is 15.9 Å². The van der Waals surface area contributed by atoms with Gasteiger partial charge in [0.2, 0.25) is 5.89 Å². The number of nitrogens with zero attached hydrogens (tertiary/aromatic N) is 1. The molecule has 1 aromatic heterocycles. The van der Waals surface area contributed by atoms with Gasteiger partial charge in [0.1, 0.15) is 5.52 Å². The molecule has 0 saturated carbocycles. The number of rotatable bonds is 3. The lowest BCUT2D eigenvalue weighted by atomic mass is 10.1. The van der Waals surface area contributed by atoms with E-state index >= 15 is 0 Å². The Labute approximate surface area is 187 Å². The summed E-state index contributed by atoms with van der Waals surface area (Å²) in [6.45, 7) is 3.98. The SMILES string of the molecule is Cc1ccc2oc(-c3ccc(C)c(NC(=S)NC(=O)c4ccccc4Br)c3)nc2c1.